The molecule has 1 aliphatic rings. The lowest BCUT2D eigenvalue weighted by molar-refractivity contribution is 0.383. The van der Waals surface area contributed by atoms with Crippen LogP contribution in [0.5, 0.6) is 5.75 Å². The van der Waals surface area contributed by atoms with Crippen LogP contribution in [0.4, 0.5) is 0 Å². The molecule has 2 aromatic carbocycles. The molecular formula is C22H20N4O4S. The lowest BCUT2D eigenvalue weighted by Gasteiger charge is -2.26. The van der Waals surface area contributed by atoms with Crippen molar-refractivity contribution in [3.63, 3.8) is 0 Å². The van der Waals surface area contributed by atoms with Crippen molar-refractivity contribution in [2.24, 2.45) is 0 Å². The van der Waals surface area contributed by atoms with Crippen LogP contribution in [0.25, 0.3) is 16.9 Å². The average Bonchev–Trinajstić information content (AvgIpc) is 3.24. The van der Waals surface area contributed by atoms with E-state index in [2.05, 4.69) is 10.1 Å². The minimum absolute atomic E-state index is 0.0708. The molecule has 3 heterocycles. The largest absolute Gasteiger partial charge is 0.497 e. The molecule has 158 valence electrons. The van der Waals surface area contributed by atoms with E-state index in [0.29, 0.717) is 23.3 Å². The number of rotatable bonds is 4. The van der Waals surface area contributed by atoms with Gasteiger partial charge in [0.2, 0.25) is 10.0 Å². The third-order valence-corrected chi connectivity index (χ3v) is 7.37. The Hall–Kier alpha value is -3.43. The highest BCUT2D eigenvalue weighted by Gasteiger charge is 2.31. The molecular weight excluding hydrogens is 416 g/mol. The molecule has 9 heteroatoms. The van der Waals surface area contributed by atoms with Gasteiger partial charge >= 0.3 is 0 Å². The second kappa shape index (κ2) is 7.36. The molecule has 0 saturated carbocycles. The van der Waals surface area contributed by atoms with Gasteiger partial charge in [0, 0.05) is 18.2 Å². The zero-order valence-corrected chi connectivity index (χ0v) is 17.6. The first-order chi connectivity index (χ1) is 15.0. The number of aromatic amines is 1. The lowest BCUT2D eigenvalue weighted by Crippen LogP contribution is -2.39. The Bertz CT molecular complexity index is 1420. The predicted octanol–water partition coefficient (Wildman–Crippen LogP) is 2.45. The van der Waals surface area contributed by atoms with Gasteiger partial charge in [-0.1, -0.05) is 18.2 Å². The van der Waals surface area contributed by atoms with Crippen LogP contribution >= 0.6 is 0 Å². The second-order valence-corrected chi connectivity index (χ2v) is 9.27. The summed E-state index contributed by atoms with van der Waals surface area (Å²) in [5.41, 5.74) is 2.92. The average molecular weight is 436 g/mol. The van der Waals surface area contributed by atoms with E-state index in [1.807, 2.05) is 24.3 Å². The maximum absolute atomic E-state index is 13.0. The van der Waals surface area contributed by atoms with Crippen molar-refractivity contribution >= 4 is 15.7 Å². The number of nitrogens with one attached hydrogen (secondary N) is 1. The van der Waals surface area contributed by atoms with Gasteiger partial charge in [-0.2, -0.15) is 4.31 Å². The van der Waals surface area contributed by atoms with Gasteiger partial charge in [-0.05, 0) is 48.4 Å². The number of hydrogen-bond acceptors (Lipinski definition) is 5. The second-order valence-electron chi connectivity index (χ2n) is 7.34. The lowest BCUT2D eigenvalue weighted by atomic mass is 10.1. The third-order valence-electron chi connectivity index (χ3n) is 5.51. The van der Waals surface area contributed by atoms with E-state index >= 15 is 0 Å². The summed E-state index contributed by atoms with van der Waals surface area (Å²) in [5, 5.41) is 3.10. The van der Waals surface area contributed by atoms with E-state index in [-0.39, 0.29) is 23.5 Å². The van der Waals surface area contributed by atoms with E-state index in [1.54, 1.807) is 43.5 Å². The van der Waals surface area contributed by atoms with Crippen LogP contribution in [0.1, 0.15) is 11.3 Å². The van der Waals surface area contributed by atoms with Crippen molar-refractivity contribution < 1.29 is 13.2 Å². The fourth-order valence-corrected chi connectivity index (χ4v) is 5.26. The van der Waals surface area contributed by atoms with Crippen LogP contribution in [-0.2, 0) is 23.0 Å². The molecule has 0 aliphatic carbocycles. The van der Waals surface area contributed by atoms with Crippen molar-refractivity contribution in [3.8, 4) is 17.0 Å². The minimum Gasteiger partial charge on any atom is -0.497 e. The predicted molar refractivity (Wildman–Crippen MR) is 116 cm³/mol. The van der Waals surface area contributed by atoms with Crippen LogP contribution in [0.2, 0.25) is 0 Å². The van der Waals surface area contributed by atoms with Gasteiger partial charge < -0.3 is 4.74 Å². The topological polar surface area (TPSA) is 96.8 Å². The maximum Gasteiger partial charge on any atom is 0.276 e. The number of methoxy groups -OCH3 is 1. The van der Waals surface area contributed by atoms with Crippen LogP contribution in [0, 0.1) is 0 Å². The summed E-state index contributed by atoms with van der Waals surface area (Å²) in [6.45, 7) is 0.306. The summed E-state index contributed by atoms with van der Waals surface area (Å²) in [5.74, 6) is 0.741. The fourth-order valence-electron chi connectivity index (χ4n) is 3.83. The Balaban J connectivity index is 1.53. The zero-order valence-electron chi connectivity index (χ0n) is 16.8. The highest BCUT2D eigenvalue weighted by atomic mass is 32.2. The van der Waals surface area contributed by atoms with Gasteiger partial charge in [0.05, 0.1) is 29.9 Å². The molecule has 0 fully saturated rings. The van der Waals surface area contributed by atoms with Crippen molar-refractivity contribution in [2.45, 2.75) is 17.9 Å². The van der Waals surface area contributed by atoms with E-state index < -0.39 is 10.0 Å². The summed E-state index contributed by atoms with van der Waals surface area (Å²) in [6, 6.07) is 17.6. The first-order valence-electron chi connectivity index (χ1n) is 9.80. The van der Waals surface area contributed by atoms with Gasteiger partial charge in [0.25, 0.3) is 5.56 Å². The molecule has 0 saturated heterocycles. The Morgan fingerprint density at radius 2 is 1.81 bits per heavy atom. The standard InChI is InChI=1S/C22H20N4O4S/c1-30-16-9-7-15(8-10-16)19-13-21-23-20-14-25(12-11-18(20)22(27)26(21)24-19)31(28,29)17-5-3-2-4-6-17/h2-10,13,24H,11-12,14H2,1H3. The SMILES string of the molecule is COc1ccc(-c2cc3nc4c(c(=O)n3[nH]2)CCN(S(=O)(=O)c2ccccc2)C4)cc1. The molecule has 1 N–H and O–H groups in total. The van der Waals surface area contributed by atoms with Crippen molar-refractivity contribution in [2.75, 3.05) is 13.7 Å². The quantitative estimate of drug-likeness (QED) is 0.530. The third kappa shape index (κ3) is 3.31. The Morgan fingerprint density at radius 3 is 2.52 bits per heavy atom. The molecule has 0 amide bonds. The number of aromatic nitrogens is 3. The maximum atomic E-state index is 13.0. The van der Waals surface area contributed by atoms with Crippen molar-refractivity contribution in [1.29, 1.82) is 0 Å². The normalized spacial score (nSPS) is 14.5. The molecule has 4 aromatic rings. The fraction of sp³-hybridized carbons (Fsp3) is 0.182. The molecule has 0 unspecified atom stereocenters. The zero-order chi connectivity index (χ0) is 21.6. The van der Waals surface area contributed by atoms with E-state index in [1.165, 1.54) is 8.82 Å². The highest BCUT2D eigenvalue weighted by Crippen LogP contribution is 2.25. The van der Waals surface area contributed by atoms with Crippen LogP contribution in [-0.4, -0.2) is 41.0 Å². The molecule has 2 aromatic heterocycles. The van der Waals surface area contributed by atoms with Gasteiger partial charge in [-0.15, -0.1) is 0 Å². The number of benzene rings is 2. The first kappa shape index (κ1) is 19.5. The number of ether oxygens (including phenoxy) is 1. The van der Waals surface area contributed by atoms with Crippen molar-refractivity contribution in [3.05, 3.63) is 82.3 Å². The highest BCUT2D eigenvalue weighted by molar-refractivity contribution is 7.89. The molecule has 1 aliphatic heterocycles. The Morgan fingerprint density at radius 1 is 1.06 bits per heavy atom. The molecule has 0 atom stereocenters. The van der Waals surface area contributed by atoms with Crippen LogP contribution in [0.3, 0.4) is 0 Å². The van der Waals surface area contributed by atoms with Gasteiger partial charge in [-0.25, -0.2) is 17.9 Å². The van der Waals surface area contributed by atoms with Crippen molar-refractivity contribution in [1.82, 2.24) is 18.9 Å². The number of H-pyrrole nitrogens is 1. The Labute approximate surface area is 178 Å². The Kier molecular flexibility index (Phi) is 4.64. The van der Waals surface area contributed by atoms with Crippen LogP contribution in [0.15, 0.2) is 70.4 Å². The molecule has 31 heavy (non-hydrogen) atoms. The van der Waals surface area contributed by atoms with E-state index in [0.717, 1.165) is 17.0 Å². The number of fused-ring (bicyclic) bond motifs is 2. The summed E-state index contributed by atoms with van der Waals surface area (Å²) < 4.78 is 34.0. The van der Waals surface area contributed by atoms with E-state index in [4.69, 9.17) is 4.74 Å². The minimum atomic E-state index is -3.65. The number of sulfonamides is 1. The first-order valence-corrected chi connectivity index (χ1v) is 11.2. The number of hydrogen-bond donors (Lipinski definition) is 1. The molecule has 0 radical (unpaired) electrons. The molecule has 0 bridgehead atoms. The summed E-state index contributed by atoms with van der Waals surface area (Å²) in [7, 11) is -2.05. The van der Waals surface area contributed by atoms with Gasteiger partial charge in [0.15, 0.2) is 5.65 Å². The summed E-state index contributed by atoms with van der Waals surface area (Å²) in [6.07, 6.45) is 0.313. The molecule has 0 spiro atoms. The van der Waals surface area contributed by atoms with Gasteiger partial charge in [-0.3, -0.25) is 9.89 Å². The van der Waals surface area contributed by atoms with Gasteiger partial charge in [0.1, 0.15) is 5.75 Å². The van der Waals surface area contributed by atoms with E-state index in [9.17, 15) is 13.2 Å². The molecule has 5 rings (SSSR count). The van der Waals surface area contributed by atoms with Crippen LogP contribution < -0.4 is 10.3 Å². The monoisotopic (exact) mass is 436 g/mol. The summed E-state index contributed by atoms with van der Waals surface area (Å²) >= 11 is 0. The molecule has 8 nitrogen and oxygen atoms in total. The smallest absolute Gasteiger partial charge is 0.276 e. The summed E-state index contributed by atoms with van der Waals surface area (Å²) in [4.78, 5) is 17.9. The number of nitrogens with zero attached hydrogens (tertiary/aromatic N) is 3.